The number of nitrogens with zero attached hydrogens (tertiary/aromatic N) is 1. The Kier molecular flexibility index (Phi) is 3.66. The second-order valence-corrected chi connectivity index (χ2v) is 5.39. The topological polar surface area (TPSA) is 41.5 Å². The summed E-state index contributed by atoms with van der Waals surface area (Å²) in [5, 5.41) is 2.69. The molecule has 0 spiro atoms. The fourth-order valence-corrected chi connectivity index (χ4v) is 2.38. The Morgan fingerprint density at radius 3 is 2.71 bits per heavy atom. The van der Waals surface area contributed by atoms with Gasteiger partial charge in [0.2, 0.25) is 0 Å². The Hall–Kier alpha value is -2.27. The molecule has 2 aromatic rings. The lowest BCUT2D eigenvalue weighted by Crippen LogP contribution is -2.24. The first-order valence-electron chi connectivity index (χ1n) is 6.26. The van der Waals surface area contributed by atoms with Gasteiger partial charge in [-0.1, -0.05) is 46.3 Å². The van der Waals surface area contributed by atoms with Crippen molar-refractivity contribution in [1.82, 2.24) is 5.32 Å². The molecule has 5 heteroatoms. The molecule has 0 unspecified atom stereocenters. The van der Waals surface area contributed by atoms with E-state index in [1.165, 1.54) is 12.1 Å². The van der Waals surface area contributed by atoms with Crippen LogP contribution in [0.2, 0.25) is 0 Å². The van der Waals surface area contributed by atoms with Gasteiger partial charge in [-0.3, -0.25) is 4.79 Å². The number of hydrogen-bond donors (Lipinski definition) is 1. The third-order valence-corrected chi connectivity index (χ3v) is 3.49. The molecule has 1 heterocycles. The van der Waals surface area contributed by atoms with Crippen molar-refractivity contribution in [3.8, 4) is 0 Å². The first-order valence-corrected chi connectivity index (χ1v) is 7.05. The van der Waals surface area contributed by atoms with Crippen molar-refractivity contribution in [2.45, 2.75) is 0 Å². The van der Waals surface area contributed by atoms with Crippen molar-refractivity contribution >= 4 is 33.7 Å². The average Bonchev–Trinajstić information content (AvgIpc) is 2.83. The maximum Gasteiger partial charge on any atom is 0.275 e. The number of rotatable bonds is 2. The van der Waals surface area contributed by atoms with Gasteiger partial charge in [0.15, 0.2) is 0 Å². The van der Waals surface area contributed by atoms with Crippen LogP contribution in [0.4, 0.5) is 4.39 Å². The van der Waals surface area contributed by atoms with Crippen molar-refractivity contribution in [2.75, 3.05) is 0 Å². The number of nitrogens with one attached hydrogen (secondary N) is 1. The van der Waals surface area contributed by atoms with Crippen molar-refractivity contribution < 1.29 is 9.18 Å². The average molecular weight is 345 g/mol. The van der Waals surface area contributed by atoms with Crippen molar-refractivity contribution in [3.05, 3.63) is 75.6 Å². The molecule has 0 aromatic heterocycles. The van der Waals surface area contributed by atoms with Gasteiger partial charge >= 0.3 is 0 Å². The first-order chi connectivity index (χ1) is 10.1. The number of amidine groups is 1. The monoisotopic (exact) mass is 344 g/mol. The van der Waals surface area contributed by atoms with Crippen LogP contribution < -0.4 is 5.32 Å². The predicted octanol–water partition coefficient (Wildman–Crippen LogP) is 3.51. The molecule has 21 heavy (non-hydrogen) atoms. The molecule has 2 aromatic carbocycles. The van der Waals surface area contributed by atoms with Crippen LogP contribution in [0.25, 0.3) is 6.08 Å². The van der Waals surface area contributed by atoms with Gasteiger partial charge in [0.25, 0.3) is 5.91 Å². The van der Waals surface area contributed by atoms with E-state index in [0.29, 0.717) is 11.4 Å². The molecule has 0 bridgehead atoms. The highest BCUT2D eigenvalue weighted by atomic mass is 79.9. The van der Waals surface area contributed by atoms with Crippen LogP contribution in [0.5, 0.6) is 0 Å². The third kappa shape index (κ3) is 2.92. The molecule has 0 fully saturated rings. The third-order valence-electron chi connectivity index (χ3n) is 2.99. The molecular formula is C16H10BrFN2O. The predicted molar refractivity (Wildman–Crippen MR) is 83.2 cm³/mol. The number of carbonyl (C=O) groups excluding carboxylic acids is 1. The molecular weight excluding hydrogens is 335 g/mol. The number of halogens is 2. The van der Waals surface area contributed by atoms with Gasteiger partial charge in [-0.2, -0.15) is 0 Å². The highest BCUT2D eigenvalue weighted by molar-refractivity contribution is 9.10. The Bertz CT molecular complexity index is 783. The van der Waals surface area contributed by atoms with Gasteiger partial charge in [-0.05, 0) is 24.3 Å². The van der Waals surface area contributed by atoms with E-state index in [0.717, 1.165) is 10.0 Å². The summed E-state index contributed by atoms with van der Waals surface area (Å²) >= 11 is 3.37. The highest BCUT2D eigenvalue weighted by Crippen LogP contribution is 2.18. The van der Waals surface area contributed by atoms with Crippen LogP contribution in [0, 0.1) is 5.82 Å². The minimum atomic E-state index is -0.385. The molecule has 0 radical (unpaired) electrons. The van der Waals surface area contributed by atoms with Gasteiger partial charge in [0.1, 0.15) is 17.3 Å². The molecule has 3 rings (SSSR count). The maximum absolute atomic E-state index is 13.6. The SMILES string of the molecule is O=C1NC(c2cccc(Br)c2)=N/C1=C\c1ccccc1F. The van der Waals surface area contributed by atoms with Crippen LogP contribution in [0.3, 0.4) is 0 Å². The minimum Gasteiger partial charge on any atom is -0.305 e. The summed E-state index contributed by atoms with van der Waals surface area (Å²) in [5.41, 5.74) is 1.31. The number of hydrogen-bond acceptors (Lipinski definition) is 2. The van der Waals surface area contributed by atoms with Crippen LogP contribution >= 0.6 is 15.9 Å². The Morgan fingerprint density at radius 2 is 1.95 bits per heavy atom. The van der Waals surface area contributed by atoms with Crippen molar-refractivity contribution in [3.63, 3.8) is 0 Å². The van der Waals surface area contributed by atoms with Crippen molar-refractivity contribution in [1.29, 1.82) is 0 Å². The normalized spacial score (nSPS) is 16.0. The quantitative estimate of drug-likeness (QED) is 0.832. The zero-order valence-electron chi connectivity index (χ0n) is 10.8. The molecule has 3 nitrogen and oxygen atoms in total. The summed E-state index contributed by atoms with van der Waals surface area (Å²) in [5.74, 6) is -0.263. The maximum atomic E-state index is 13.6. The lowest BCUT2D eigenvalue weighted by molar-refractivity contribution is -0.115. The zero-order valence-corrected chi connectivity index (χ0v) is 12.4. The molecule has 0 saturated carbocycles. The lowest BCUT2D eigenvalue weighted by atomic mass is 10.2. The van der Waals surface area contributed by atoms with Crippen LogP contribution in [-0.4, -0.2) is 11.7 Å². The molecule has 0 saturated heterocycles. The summed E-state index contributed by atoms with van der Waals surface area (Å²) in [6, 6.07) is 13.7. The van der Waals surface area contributed by atoms with E-state index in [9.17, 15) is 9.18 Å². The van der Waals surface area contributed by atoms with E-state index < -0.39 is 0 Å². The first kappa shape index (κ1) is 13.7. The number of aliphatic imine (C=N–C) groups is 1. The smallest absolute Gasteiger partial charge is 0.275 e. The Balaban J connectivity index is 1.98. The molecule has 0 aliphatic carbocycles. The molecule has 1 N–H and O–H groups in total. The van der Waals surface area contributed by atoms with Gasteiger partial charge in [0.05, 0.1) is 0 Å². The van der Waals surface area contributed by atoms with Gasteiger partial charge in [-0.15, -0.1) is 0 Å². The molecule has 104 valence electrons. The van der Waals surface area contributed by atoms with Crippen LogP contribution in [-0.2, 0) is 4.79 Å². The van der Waals surface area contributed by atoms with Gasteiger partial charge in [0, 0.05) is 15.6 Å². The summed E-state index contributed by atoms with van der Waals surface area (Å²) in [7, 11) is 0. The van der Waals surface area contributed by atoms with Gasteiger partial charge < -0.3 is 5.32 Å². The van der Waals surface area contributed by atoms with Crippen LogP contribution in [0.15, 0.2) is 63.7 Å². The van der Waals surface area contributed by atoms with E-state index in [1.807, 2.05) is 24.3 Å². The summed E-state index contributed by atoms with van der Waals surface area (Å²) in [6.07, 6.45) is 1.44. The summed E-state index contributed by atoms with van der Waals surface area (Å²) < 4.78 is 14.5. The van der Waals surface area contributed by atoms with Crippen LogP contribution in [0.1, 0.15) is 11.1 Å². The van der Waals surface area contributed by atoms with E-state index in [2.05, 4.69) is 26.2 Å². The van der Waals surface area contributed by atoms with E-state index >= 15 is 0 Å². The Morgan fingerprint density at radius 1 is 1.14 bits per heavy atom. The highest BCUT2D eigenvalue weighted by Gasteiger charge is 2.21. The second-order valence-electron chi connectivity index (χ2n) is 4.48. The second kappa shape index (κ2) is 5.61. The summed E-state index contributed by atoms with van der Waals surface area (Å²) in [4.78, 5) is 16.2. The fraction of sp³-hybridized carbons (Fsp3) is 0. The fourth-order valence-electron chi connectivity index (χ4n) is 1.98. The Labute approximate surface area is 129 Å². The minimum absolute atomic E-state index is 0.190. The zero-order chi connectivity index (χ0) is 14.8. The lowest BCUT2D eigenvalue weighted by Gasteiger charge is -2.00. The van der Waals surface area contributed by atoms with E-state index in [1.54, 1.807) is 18.2 Å². The number of carbonyl (C=O) groups is 1. The molecule has 1 aliphatic rings. The molecule has 1 amide bonds. The van der Waals surface area contributed by atoms with E-state index in [4.69, 9.17) is 0 Å². The standard InChI is InChI=1S/C16H10BrFN2O/c17-12-6-3-5-11(8-12)15-19-14(16(21)20-15)9-10-4-1-2-7-13(10)18/h1-9H,(H,19,20,21)/b14-9-. The molecule has 1 aliphatic heterocycles. The summed E-state index contributed by atoms with van der Waals surface area (Å²) in [6.45, 7) is 0. The molecule has 0 atom stereocenters. The number of amides is 1. The largest absolute Gasteiger partial charge is 0.305 e. The number of benzene rings is 2. The van der Waals surface area contributed by atoms with Crippen molar-refractivity contribution in [2.24, 2.45) is 4.99 Å². The van der Waals surface area contributed by atoms with E-state index in [-0.39, 0.29) is 17.4 Å². The van der Waals surface area contributed by atoms with Gasteiger partial charge in [-0.25, -0.2) is 9.38 Å².